The van der Waals surface area contributed by atoms with Crippen molar-refractivity contribution in [2.45, 2.75) is 0 Å². The van der Waals surface area contributed by atoms with E-state index in [9.17, 15) is 0 Å². The molecule has 0 aromatic carbocycles. The van der Waals surface area contributed by atoms with Crippen molar-refractivity contribution in [3.05, 3.63) is 36.5 Å². The Labute approximate surface area is 64.7 Å². The van der Waals surface area contributed by atoms with Gasteiger partial charge in [0.1, 0.15) is 12.9 Å². The van der Waals surface area contributed by atoms with Gasteiger partial charge in [-0.1, -0.05) is 0 Å². The molecule has 1 aromatic rings. The third-order valence-electron chi connectivity index (χ3n) is 1.45. The summed E-state index contributed by atoms with van der Waals surface area (Å²) in [5.41, 5.74) is 2.16. The van der Waals surface area contributed by atoms with Crippen molar-refractivity contribution in [2.75, 3.05) is 11.9 Å². The molecular formula is C8H8N2O. The molecule has 56 valence electrons. The van der Waals surface area contributed by atoms with Crippen LogP contribution in [0, 0.1) is 0 Å². The predicted octanol–water partition coefficient (Wildman–Crippen LogP) is 1.37. The van der Waals surface area contributed by atoms with Crippen molar-refractivity contribution in [1.82, 2.24) is 4.98 Å². The summed E-state index contributed by atoms with van der Waals surface area (Å²) in [7, 11) is 0. The molecule has 2 heterocycles. The number of hydrogen-bond donors (Lipinski definition) is 1. The Morgan fingerprint density at radius 1 is 1.36 bits per heavy atom. The quantitative estimate of drug-likeness (QED) is 0.687. The molecule has 0 fully saturated rings. The molecule has 1 aromatic heterocycles. The van der Waals surface area contributed by atoms with Gasteiger partial charge < -0.3 is 10.1 Å². The topological polar surface area (TPSA) is 34.2 Å². The summed E-state index contributed by atoms with van der Waals surface area (Å²) >= 11 is 0. The van der Waals surface area contributed by atoms with E-state index in [2.05, 4.69) is 10.3 Å². The van der Waals surface area contributed by atoms with Crippen molar-refractivity contribution in [2.24, 2.45) is 0 Å². The Kier molecular flexibility index (Phi) is 1.48. The van der Waals surface area contributed by atoms with Crippen LogP contribution in [-0.2, 0) is 4.74 Å². The van der Waals surface area contributed by atoms with Crippen molar-refractivity contribution < 1.29 is 4.74 Å². The second kappa shape index (κ2) is 2.62. The molecular weight excluding hydrogens is 140 g/mol. The van der Waals surface area contributed by atoms with Gasteiger partial charge in [0, 0.05) is 18.1 Å². The highest BCUT2D eigenvalue weighted by Gasteiger charge is 2.05. The Morgan fingerprint density at radius 3 is 2.64 bits per heavy atom. The zero-order chi connectivity index (χ0) is 7.52. The lowest BCUT2D eigenvalue weighted by atomic mass is 10.3. The average Bonchev–Trinajstić information content (AvgIpc) is 1.99. The molecule has 0 radical (unpaired) electrons. The summed E-state index contributed by atoms with van der Waals surface area (Å²) < 4.78 is 4.87. The first-order valence-corrected chi connectivity index (χ1v) is 3.43. The van der Waals surface area contributed by atoms with Crippen LogP contribution in [0.5, 0.6) is 0 Å². The SMILES string of the molecule is C1=C(Nc2ccncc2)CO1. The van der Waals surface area contributed by atoms with E-state index in [1.807, 2.05) is 12.1 Å². The van der Waals surface area contributed by atoms with Gasteiger partial charge in [-0.15, -0.1) is 0 Å². The Morgan fingerprint density at radius 2 is 2.09 bits per heavy atom. The third-order valence-corrected chi connectivity index (χ3v) is 1.45. The van der Waals surface area contributed by atoms with Crippen LogP contribution in [0.1, 0.15) is 0 Å². The fourth-order valence-electron chi connectivity index (χ4n) is 0.853. The van der Waals surface area contributed by atoms with Crippen LogP contribution < -0.4 is 5.32 Å². The number of anilines is 1. The lowest BCUT2D eigenvalue weighted by molar-refractivity contribution is 0.226. The molecule has 0 aliphatic carbocycles. The third kappa shape index (κ3) is 1.32. The van der Waals surface area contributed by atoms with E-state index < -0.39 is 0 Å². The summed E-state index contributed by atoms with van der Waals surface area (Å²) in [5, 5.41) is 3.17. The summed E-state index contributed by atoms with van der Waals surface area (Å²) in [6.45, 7) is 0.683. The van der Waals surface area contributed by atoms with Crippen LogP contribution in [0.25, 0.3) is 0 Å². The first kappa shape index (κ1) is 6.22. The second-order valence-corrected chi connectivity index (χ2v) is 2.31. The minimum absolute atomic E-state index is 0.683. The number of pyridine rings is 1. The molecule has 0 bridgehead atoms. The second-order valence-electron chi connectivity index (χ2n) is 2.31. The minimum Gasteiger partial charge on any atom is -0.493 e. The van der Waals surface area contributed by atoms with Crippen molar-refractivity contribution >= 4 is 5.69 Å². The fourth-order valence-corrected chi connectivity index (χ4v) is 0.853. The molecule has 2 rings (SSSR count). The van der Waals surface area contributed by atoms with Gasteiger partial charge in [0.2, 0.25) is 0 Å². The minimum atomic E-state index is 0.683. The maximum atomic E-state index is 4.87. The van der Waals surface area contributed by atoms with Gasteiger partial charge >= 0.3 is 0 Å². The van der Waals surface area contributed by atoms with E-state index in [1.54, 1.807) is 18.7 Å². The van der Waals surface area contributed by atoms with Crippen LogP contribution in [0.15, 0.2) is 36.5 Å². The van der Waals surface area contributed by atoms with Gasteiger partial charge in [-0.05, 0) is 12.1 Å². The first-order valence-electron chi connectivity index (χ1n) is 3.43. The maximum absolute atomic E-state index is 4.87. The highest BCUT2D eigenvalue weighted by molar-refractivity contribution is 5.47. The summed E-state index contributed by atoms with van der Waals surface area (Å²) in [6, 6.07) is 3.83. The number of nitrogens with one attached hydrogen (secondary N) is 1. The highest BCUT2D eigenvalue weighted by atomic mass is 16.5. The van der Waals surface area contributed by atoms with E-state index in [0.29, 0.717) is 6.61 Å². The molecule has 3 nitrogen and oxygen atoms in total. The molecule has 1 aliphatic heterocycles. The number of nitrogens with zero attached hydrogens (tertiary/aromatic N) is 1. The van der Waals surface area contributed by atoms with E-state index >= 15 is 0 Å². The summed E-state index contributed by atoms with van der Waals surface area (Å²) in [6.07, 6.45) is 5.21. The molecule has 0 amide bonds. The lowest BCUT2D eigenvalue weighted by Crippen LogP contribution is -2.13. The molecule has 0 spiro atoms. The van der Waals surface area contributed by atoms with Crippen molar-refractivity contribution in [1.29, 1.82) is 0 Å². The maximum Gasteiger partial charge on any atom is 0.130 e. The number of aromatic nitrogens is 1. The molecule has 11 heavy (non-hydrogen) atoms. The molecule has 0 unspecified atom stereocenters. The first-order chi connectivity index (χ1) is 5.45. The van der Waals surface area contributed by atoms with Crippen LogP contribution in [0.4, 0.5) is 5.69 Å². The number of rotatable bonds is 2. The van der Waals surface area contributed by atoms with Gasteiger partial charge in [-0.3, -0.25) is 4.98 Å². The molecule has 0 atom stereocenters. The average molecular weight is 148 g/mol. The largest absolute Gasteiger partial charge is 0.493 e. The fraction of sp³-hybridized carbons (Fsp3) is 0.125. The molecule has 1 aliphatic rings. The van der Waals surface area contributed by atoms with E-state index in [-0.39, 0.29) is 0 Å². The monoisotopic (exact) mass is 148 g/mol. The van der Waals surface area contributed by atoms with Gasteiger partial charge in [-0.25, -0.2) is 0 Å². The van der Waals surface area contributed by atoms with E-state index in [4.69, 9.17) is 4.74 Å². The van der Waals surface area contributed by atoms with Crippen LogP contribution >= 0.6 is 0 Å². The summed E-state index contributed by atoms with van der Waals surface area (Å²) in [5.74, 6) is 0. The Bertz CT molecular complexity index is 269. The van der Waals surface area contributed by atoms with Crippen LogP contribution in [0.3, 0.4) is 0 Å². The Hall–Kier alpha value is -1.51. The lowest BCUT2D eigenvalue weighted by Gasteiger charge is -2.17. The van der Waals surface area contributed by atoms with E-state index in [1.165, 1.54) is 0 Å². The summed E-state index contributed by atoms with van der Waals surface area (Å²) in [4.78, 5) is 3.91. The van der Waals surface area contributed by atoms with Crippen LogP contribution in [-0.4, -0.2) is 11.6 Å². The van der Waals surface area contributed by atoms with Gasteiger partial charge in [0.15, 0.2) is 0 Å². The zero-order valence-corrected chi connectivity index (χ0v) is 5.95. The predicted molar refractivity (Wildman–Crippen MR) is 41.9 cm³/mol. The van der Waals surface area contributed by atoms with Crippen molar-refractivity contribution in [3.8, 4) is 0 Å². The molecule has 3 heteroatoms. The van der Waals surface area contributed by atoms with Crippen LogP contribution in [0.2, 0.25) is 0 Å². The molecule has 0 saturated carbocycles. The standard InChI is InChI=1S/C8H8N2O/c1-3-9-4-2-7(1)10-8-5-11-6-8/h1-5H,6H2,(H,9,10). The van der Waals surface area contributed by atoms with Gasteiger partial charge in [0.25, 0.3) is 0 Å². The zero-order valence-electron chi connectivity index (χ0n) is 5.95. The van der Waals surface area contributed by atoms with Gasteiger partial charge in [-0.2, -0.15) is 0 Å². The van der Waals surface area contributed by atoms with E-state index in [0.717, 1.165) is 11.4 Å². The smallest absolute Gasteiger partial charge is 0.130 e. The highest BCUT2D eigenvalue weighted by Crippen LogP contribution is 2.12. The number of ether oxygens (including phenoxy) is 1. The number of hydrogen-bond acceptors (Lipinski definition) is 3. The van der Waals surface area contributed by atoms with Gasteiger partial charge in [0.05, 0.1) is 5.70 Å². The molecule has 0 saturated heterocycles. The van der Waals surface area contributed by atoms with Crippen molar-refractivity contribution in [3.63, 3.8) is 0 Å². The molecule has 1 N–H and O–H groups in total. The Balaban J connectivity index is 2.07. The normalized spacial score (nSPS) is 14.4.